The van der Waals surface area contributed by atoms with Crippen LogP contribution in [0.1, 0.15) is 65.9 Å². The molecule has 0 aliphatic carbocycles. The van der Waals surface area contributed by atoms with E-state index in [2.05, 4.69) is 52.0 Å². The van der Waals surface area contributed by atoms with Gasteiger partial charge in [0.25, 0.3) is 0 Å². The lowest BCUT2D eigenvalue weighted by atomic mass is 9.88. The highest BCUT2D eigenvalue weighted by Crippen LogP contribution is 2.39. The summed E-state index contributed by atoms with van der Waals surface area (Å²) in [4.78, 5) is 0. The smallest absolute Gasteiger partial charge is 0.163 e. The van der Waals surface area contributed by atoms with Gasteiger partial charge in [-0.1, -0.05) is 41.5 Å². The number of benzene rings is 1. The van der Waals surface area contributed by atoms with Crippen LogP contribution >= 0.6 is 0 Å². The predicted octanol–water partition coefficient (Wildman–Crippen LogP) is 5.63. The molecule has 3 rings (SSSR count). The van der Waals surface area contributed by atoms with Gasteiger partial charge in [0.1, 0.15) is 17.3 Å². The molecular weight excluding hydrogens is 346 g/mol. The number of hydroxylamine groups is 1. The summed E-state index contributed by atoms with van der Waals surface area (Å²) in [5.74, 6) is 0.831. The molecule has 2 aliphatic rings. The van der Waals surface area contributed by atoms with E-state index in [4.69, 9.17) is 4.74 Å². The van der Waals surface area contributed by atoms with Crippen molar-refractivity contribution in [3.05, 3.63) is 76.2 Å². The lowest BCUT2D eigenvalue weighted by molar-refractivity contribution is -0.801. The van der Waals surface area contributed by atoms with Gasteiger partial charge in [-0.3, -0.25) is 0 Å². The number of ether oxygens (including phenoxy) is 1. The monoisotopic (exact) mass is 379 g/mol. The quantitative estimate of drug-likeness (QED) is 0.513. The molecule has 0 saturated carbocycles. The van der Waals surface area contributed by atoms with E-state index in [-0.39, 0.29) is 16.7 Å². The largest absolute Gasteiger partial charge is 0.628 e. The van der Waals surface area contributed by atoms with Crippen LogP contribution in [0.5, 0.6) is 0 Å². The maximum atomic E-state index is 12.8. The van der Waals surface area contributed by atoms with Crippen LogP contribution in [0, 0.1) is 5.21 Å². The Hall–Kier alpha value is -2.10. The van der Waals surface area contributed by atoms with Crippen LogP contribution in [-0.2, 0) is 4.74 Å². The van der Waals surface area contributed by atoms with E-state index in [1.165, 1.54) is 11.1 Å². The van der Waals surface area contributed by atoms with Crippen molar-refractivity contribution >= 4 is 11.3 Å². The minimum atomic E-state index is -0.365. The van der Waals surface area contributed by atoms with Crippen LogP contribution in [-0.4, -0.2) is 11.6 Å². The van der Waals surface area contributed by atoms with Gasteiger partial charge >= 0.3 is 0 Å². The van der Waals surface area contributed by atoms with Crippen molar-refractivity contribution < 1.29 is 9.80 Å². The van der Waals surface area contributed by atoms with Crippen molar-refractivity contribution in [2.24, 2.45) is 0 Å². The molecule has 0 fully saturated rings. The third-order valence-corrected chi connectivity index (χ3v) is 5.71. The fourth-order valence-corrected chi connectivity index (χ4v) is 3.94. The van der Waals surface area contributed by atoms with Crippen LogP contribution in [0.4, 0.5) is 5.69 Å². The number of fused-ring (bicyclic) bond motifs is 2. The van der Waals surface area contributed by atoms with Crippen LogP contribution in [0.15, 0.2) is 65.5 Å². The van der Waals surface area contributed by atoms with Crippen LogP contribution in [0.3, 0.4) is 0 Å². The first-order chi connectivity index (χ1) is 13.3. The Labute approximate surface area is 169 Å². The highest BCUT2D eigenvalue weighted by atomic mass is 16.5. The molecule has 2 aliphatic heterocycles. The summed E-state index contributed by atoms with van der Waals surface area (Å²) in [6.45, 7) is 10.6. The topological polar surface area (TPSA) is 36.7 Å². The first kappa shape index (κ1) is 20.6. The van der Waals surface area contributed by atoms with Crippen LogP contribution < -0.4 is 5.06 Å². The van der Waals surface area contributed by atoms with E-state index in [0.717, 1.165) is 48.3 Å². The number of nitrogens with one attached hydrogen (secondary N) is 1. The van der Waals surface area contributed by atoms with Crippen LogP contribution in [0.25, 0.3) is 5.57 Å². The Morgan fingerprint density at radius 3 is 2.68 bits per heavy atom. The molecule has 3 atom stereocenters. The van der Waals surface area contributed by atoms with E-state index in [1.807, 2.05) is 31.2 Å². The van der Waals surface area contributed by atoms with E-state index in [9.17, 15) is 5.21 Å². The summed E-state index contributed by atoms with van der Waals surface area (Å²) < 4.78 is 6.45. The van der Waals surface area contributed by atoms with Gasteiger partial charge in [-0.25, -0.2) is 0 Å². The highest BCUT2D eigenvalue weighted by Gasteiger charge is 2.37. The fraction of sp³-hybridized carbons (Fsp3) is 0.440. The van der Waals surface area contributed by atoms with E-state index < -0.39 is 0 Å². The van der Waals surface area contributed by atoms with Crippen molar-refractivity contribution in [1.29, 1.82) is 0 Å². The number of hydrogen-bond donors (Lipinski definition) is 1. The average molecular weight is 380 g/mol. The second-order valence-electron chi connectivity index (χ2n) is 8.57. The third kappa shape index (κ3) is 4.48. The van der Waals surface area contributed by atoms with Gasteiger partial charge in [0, 0.05) is 17.2 Å². The van der Waals surface area contributed by atoms with Gasteiger partial charge in [0.15, 0.2) is 5.76 Å². The van der Waals surface area contributed by atoms with Crippen molar-refractivity contribution in [2.75, 3.05) is 0 Å². The number of quaternary nitrogens is 1. The lowest BCUT2D eigenvalue weighted by Crippen LogP contribution is -3.07. The van der Waals surface area contributed by atoms with Gasteiger partial charge < -0.3 is 15.0 Å². The minimum Gasteiger partial charge on any atom is -0.628 e. The Morgan fingerprint density at radius 1 is 1.18 bits per heavy atom. The van der Waals surface area contributed by atoms with Gasteiger partial charge in [-0.2, -0.15) is 0 Å². The van der Waals surface area contributed by atoms with Crippen molar-refractivity contribution in [3.8, 4) is 0 Å². The van der Waals surface area contributed by atoms with Crippen molar-refractivity contribution in [2.45, 2.75) is 71.9 Å². The second-order valence-corrected chi connectivity index (χ2v) is 8.57. The molecule has 1 aromatic carbocycles. The molecule has 0 amide bonds. The Kier molecular flexibility index (Phi) is 6.26. The highest BCUT2D eigenvalue weighted by molar-refractivity contribution is 5.83. The molecule has 3 heteroatoms. The summed E-state index contributed by atoms with van der Waals surface area (Å²) in [6, 6.07) is 7.62. The molecule has 2 unspecified atom stereocenters. The summed E-state index contributed by atoms with van der Waals surface area (Å²) in [5.41, 5.74) is 5.30. The Balaban J connectivity index is 1.68. The summed E-state index contributed by atoms with van der Waals surface area (Å²) in [7, 11) is 0. The Bertz CT molecular complexity index is 842. The normalized spacial score (nSPS) is 26.4. The van der Waals surface area contributed by atoms with E-state index >= 15 is 0 Å². The Morgan fingerprint density at radius 2 is 1.93 bits per heavy atom. The minimum absolute atomic E-state index is 0.155. The zero-order valence-electron chi connectivity index (χ0n) is 17.8. The molecule has 150 valence electrons. The fourth-order valence-electron chi connectivity index (χ4n) is 3.94. The molecule has 0 bridgehead atoms. The molecular formula is C25H33NO2. The third-order valence-electron chi connectivity index (χ3n) is 5.71. The van der Waals surface area contributed by atoms with Gasteiger partial charge in [0.05, 0.1) is 0 Å². The number of hydrogen-bond acceptors (Lipinski definition) is 2. The first-order valence-electron chi connectivity index (χ1n) is 10.4. The molecule has 1 N–H and O–H groups in total. The predicted molar refractivity (Wildman–Crippen MR) is 117 cm³/mol. The van der Waals surface area contributed by atoms with Gasteiger partial charge in [-0.15, -0.1) is 0 Å². The SMILES string of the molecule is CC(C)=CCC/C(C)=C/CC[C@]1(C)C=CC2=C(O1)C(C)[NH+]([O-])c1ccccc12. The van der Waals surface area contributed by atoms with Gasteiger partial charge in [0.2, 0.25) is 0 Å². The van der Waals surface area contributed by atoms with Gasteiger partial charge in [-0.05, 0) is 72.4 Å². The van der Waals surface area contributed by atoms with Crippen molar-refractivity contribution in [1.82, 2.24) is 0 Å². The summed E-state index contributed by atoms with van der Waals surface area (Å²) >= 11 is 0. The second kappa shape index (κ2) is 8.50. The summed E-state index contributed by atoms with van der Waals surface area (Å²) in [5, 5.41) is 12.9. The zero-order chi connectivity index (χ0) is 20.3. The molecule has 28 heavy (non-hydrogen) atoms. The lowest BCUT2D eigenvalue weighted by Gasteiger charge is -2.41. The molecule has 3 nitrogen and oxygen atoms in total. The molecule has 0 saturated heterocycles. The zero-order valence-corrected chi connectivity index (χ0v) is 17.8. The van der Waals surface area contributed by atoms with E-state index in [1.54, 1.807) is 0 Å². The molecule has 1 aromatic rings. The van der Waals surface area contributed by atoms with E-state index in [0.29, 0.717) is 0 Å². The number of rotatable bonds is 6. The standard InChI is InChI=1S/C25H33NO2/c1-18(2)10-8-11-19(3)12-9-16-25(5)17-15-22-21-13-6-7-14-23(21)26(27)20(4)24(22)28-25/h6-7,10,12-15,17,20,26H,8-9,11,16H2,1-5H3/b19-12+/t20?,25-/m1/s1. The van der Waals surface area contributed by atoms with Crippen LogP contribution in [0.2, 0.25) is 0 Å². The molecule has 0 radical (unpaired) electrons. The average Bonchev–Trinajstić information content (AvgIpc) is 2.65. The molecule has 2 heterocycles. The maximum Gasteiger partial charge on any atom is 0.163 e. The first-order valence-corrected chi connectivity index (χ1v) is 10.4. The number of allylic oxidation sites excluding steroid dienone is 6. The van der Waals surface area contributed by atoms with Crippen molar-refractivity contribution in [3.63, 3.8) is 0 Å². The maximum absolute atomic E-state index is 12.8. The number of para-hydroxylation sites is 1. The molecule has 0 spiro atoms. The molecule has 0 aromatic heterocycles. The summed E-state index contributed by atoms with van der Waals surface area (Å²) in [6.07, 6.45) is 13.0.